The number of rotatable bonds is 4. The summed E-state index contributed by atoms with van der Waals surface area (Å²) in [4.78, 5) is 4.75. The SMILES string of the molecule is Oc1ccc2ccccc2c1C=Nc1ccc(C23C[C@H]4C[C@@H](CC(c5ccccc5)(C4)C2)C3)cc1. The largest absolute Gasteiger partial charge is 0.507 e. The predicted molar refractivity (Wildman–Crippen MR) is 144 cm³/mol. The lowest BCUT2D eigenvalue weighted by atomic mass is 9.42. The Morgan fingerprint density at radius 2 is 1.31 bits per heavy atom. The van der Waals surface area contributed by atoms with E-state index in [4.69, 9.17) is 4.99 Å². The van der Waals surface area contributed by atoms with Gasteiger partial charge in [-0.15, -0.1) is 0 Å². The Morgan fingerprint density at radius 1 is 0.686 bits per heavy atom. The molecule has 1 N–H and O–H groups in total. The van der Waals surface area contributed by atoms with Crippen molar-refractivity contribution in [2.75, 3.05) is 0 Å². The molecule has 0 aliphatic heterocycles. The van der Waals surface area contributed by atoms with Crippen LogP contribution in [0, 0.1) is 11.8 Å². The van der Waals surface area contributed by atoms with Crippen LogP contribution in [-0.4, -0.2) is 11.3 Å². The third kappa shape index (κ3) is 3.42. The number of fused-ring (bicyclic) bond motifs is 1. The number of phenols is 1. The topological polar surface area (TPSA) is 32.6 Å². The van der Waals surface area contributed by atoms with Crippen molar-refractivity contribution in [3.05, 3.63) is 108 Å². The molecule has 0 aromatic heterocycles. The Bertz CT molecular complexity index is 1400. The van der Waals surface area contributed by atoms with Gasteiger partial charge in [0.05, 0.1) is 5.69 Å². The molecule has 4 bridgehead atoms. The first kappa shape index (κ1) is 20.9. The quantitative estimate of drug-likeness (QED) is 0.309. The summed E-state index contributed by atoms with van der Waals surface area (Å²) < 4.78 is 0. The van der Waals surface area contributed by atoms with E-state index in [1.54, 1.807) is 11.6 Å². The first-order valence-electron chi connectivity index (χ1n) is 13.0. The van der Waals surface area contributed by atoms with Gasteiger partial charge in [0, 0.05) is 11.8 Å². The summed E-state index contributed by atoms with van der Waals surface area (Å²) >= 11 is 0. The van der Waals surface area contributed by atoms with Gasteiger partial charge in [0.1, 0.15) is 5.75 Å². The van der Waals surface area contributed by atoms with Crippen LogP contribution in [0.4, 0.5) is 5.69 Å². The highest BCUT2D eigenvalue weighted by molar-refractivity contribution is 6.02. The second kappa shape index (κ2) is 7.81. The van der Waals surface area contributed by atoms with Gasteiger partial charge in [0.25, 0.3) is 0 Å². The maximum Gasteiger partial charge on any atom is 0.124 e. The van der Waals surface area contributed by atoms with Gasteiger partial charge in [-0.3, -0.25) is 4.99 Å². The number of aromatic hydroxyl groups is 1. The zero-order valence-electron chi connectivity index (χ0n) is 20.0. The summed E-state index contributed by atoms with van der Waals surface area (Å²) in [5, 5.41) is 12.6. The molecule has 4 saturated carbocycles. The van der Waals surface area contributed by atoms with Crippen LogP contribution in [-0.2, 0) is 10.8 Å². The molecule has 0 radical (unpaired) electrons. The molecular weight excluding hydrogens is 426 g/mol. The van der Waals surface area contributed by atoms with Gasteiger partial charge in [-0.05, 0) is 101 Å². The predicted octanol–water partition coefficient (Wildman–Crippen LogP) is 8.09. The lowest BCUT2D eigenvalue weighted by Crippen LogP contribution is -2.55. The van der Waals surface area contributed by atoms with Gasteiger partial charge >= 0.3 is 0 Å². The third-order valence-corrected chi connectivity index (χ3v) is 9.22. The summed E-state index contributed by atoms with van der Waals surface area (Å²) in [7, 11) is 0. The van der Waals surface area contributed by atoms with Gasteiger partial charge in [0.2, 0.25) is 0 Å². The van der Waals surface area contributed by atoms with Crippen LogP contribution in [0.3, 0.4) is 0 Å². The van der Waals surface area contributed by atoms with Crippen molar-refractivity contribution < 1.29 is 5.11 Å². The van der Waals surface area contributed by atoms with Gasteiger partial charge in [-0.1, -0.05) is 72.8 Å². The Balaban J connectivity index is 1.20. The molecule has 4 aliphatic carbocycles. The summed E-state index contributed by atoms with van der Waals surface area (Å²) in [6, 6.07) is 32.2. The fourth-order valence-corrected chi connectivity index (χ4v) is 8.19. The maximum atomic E-state index is 10.5. The van der Waals surface area contributed by atoms with Crippen molar-refractivity contribution in [3.8, 4) is 5.75 Å². The van der Waals surface area contributed by atoms with E-state index < -0.39 is 0 Å². The van der Waals surface area contributed by atoms with E-state index in [2.05, 4.69) is 60.7 Å². The first-order valence-corrected chi connectivity index (χ1v) is 13.0. The van der Waals surface area contributed by atoms with Crippen molar-refractivity contribution in [1.29, 1.82) is 0 Å². The number of aliphatic imine (C=N–C) groups is 1. The van der Waals surface area contributed by atoms with E-state index in [0.29, 0.717) is 10.8 Å². The highest BCUT2D eigenvalue weighted by Gasteiger charge is 2.58. The monoisotopic (exact) mass is 457 g/mol. The van der Waals surface area contributed by atoms with E-state index in [-0.39, 0.29) is 5.75 Å². The molecule has 0 saturated heterocycles. The molecule has 0 spiro atoms. The second-order valence-corrected chi connectivity index (χ2v) is 11.4. The fourth-order valence-electron chi connectivity index (χ4n) is 8.19. The van der Waals surface area contributed by atoms with E-state index in [1.165, 1.54) is 44.1 Å². The zero-order chi connectivity index (χ0) is 23.5. The maximum absolute atomic E-state index is 10.5. The van der Waals surface area contributed by atoms with Crippen molar-refractivity contribution in [3.63, 3.8) is 0 Å². The number of nitrogens with zero attached hydrogens (tertiary/aromatic N) is 1. The Labute approximate surface area is 207 Å². The molecule has 2 atom stereocenters. The Hall–Kier alpha value is -3.39. The van der Waals surface area contributed by atoms with E-state index in [1.807, 2.05) is 30.5 Å². The minimum absolute atomic E-state index is 0.267. The number of hydrogen-bond donors (Lipinski definition) is 1. The number of benzene rings is 4. The van der Waals surface area contributed by atoms with Crippen LogP contribution in [0.25, 0.3) is 10.8 Å². The van der Waals surface area contributed by atoms with Gasteiger partial charge in [-0.25, -0.2) is 0 Å². The molecular formula is C33H31NO. The van der Waals surface area contributed by atoms with Gasteiger partial charge < -0.3 is 5.11 Å². The molecule has 4 aromatic rings. The van der Waals surface area contributed by atoms with E-state index in [9.17, 15) is 5.11 Å². The molecule has 35 heavy (non-hydrogen) atoms. The van der Waals surface area contributed by atoms with Crippen LogP contribution >= 0.6 is 0 Å². The summed E-state index contributed by atoms with van der Waals surface area (Å²) in [6.45, 7) is 0. The molecule has 2 nitrogen and oxygen atoms in total. The molecule has 174 valence electrons. The summed E-state index contributed by atoms with van der Waals surface area (Å²) in [5.74, 6) is 1.97. The summed E-state index contributed by atoms with van der Waals surface area (Å²) in [6.07, 6.45) is 9.92. The normalized spacial score (nSPS) is 29.3. The molecule has 4 aliphatic rings. The van der Waals surface area contributed by atoms with Crippen molar-refractivity contribution in [2.24, 2.45) is 16.8 Å². The standard InChI is InChI=1S/C33H31NO/c35-31-15-10-25-6-4-5-9-29(25)30(31)21-34-28-13-11-27(12-14-28)33-19-23-16-24(20-33)18-32(17-23,22-33)26-7-2-1-3-8-26/h1-15,21,23-24,35H,16-20,22H2/t23-,24-,32?,33?/m0/s1. The minimum atomic E-state index is 0.267. The molecule has 2 heteroatoms. The second-order valence-electron chi connectivity index (χ2n) is 11.4. The molecule has 0 amide bonds. The molecule has 0 unspecified atom stereocenters. The van der Waals surface area contributed by atoms with Crippen molar-refractivity contribution in [2.45, 2.75) is 49.4 Å². The van der Waals surface area contributed by atoms with Gasteiger partial charge in [0.15, 0.2) is 0 Å². The smallest absolute Gasteiger partial charge is 0.124 e. The van der Waals surface area contributed by atoms with E-state index in [0.717, 1.165) is 33.9 Å². The van der Waals surface area contributed by atoms with E-state index >= 15 is 0 Å². The fraction of sp³-hybridized carbons (Fsp3) is 0.303. The van der Waals surface area contributed by atoms with Crippen LogP contribution in [0.2, 0.25) is 0 Å². The first-order chi connectivity index (χ1) is 17.1. The average Bonchev–Trinajstić information content (AvgIpc) is 2.88. The van der Waals surface area contributed by atoms with Crippen LogP contribution in [0.5, 0.6) is 5.75 Å². The van der Waals surface area contributed by atoms with Crippen molar-refractivity contribution >= 4 is 22.7 Å². The molecule has 4 aromatic carbocycles. The lowest BCUT2D eigenvalue weighted by molar-refractivity contribution is -0.0281. The Kier molecular flexibility index (Phi) is 4.67. The van der Waals surface area contributed by atoms with Crippen molar-refractivity contribution in [1.82, 2.24) is 0 Å². The molecule has 8 rings (SSSR count). The van der Waals surface area contributed by atoms with Gasteiger partial charge in [-0.2, -0.15) is 0 Å². The third-order valence-electron chi connectivity index (χ3n) is 9.22. The average molecular weight is 458 g/mol. The highest BCUT2D eigenvalue weighted by atomic mass is 16.3. The van der Waals surface area contributed by atoms with Crippen LogP contribution < -0.4 is 0 Å². The van der Waals surface area contributed by atoms with Crippen LogP contribution in [0.1, 0.15) is 55.2 Å². The highest BCUT2D eigenvalue weighted by Crippen LogP contribution is 2.66. The summed E-state index contributed by atoms with van der Waals surface area (Å²) in [5.41, 5.74) is 5.43. The Morgan fingerprint density at radius 3 is 2.03 bits per heavy atom. The zero-order valence-corrected chi connectivity index (χ0v) is 20.0. The number of hydrogen-bond acceptors (Lipinski definition) is 2. The lowest BCUT2D eigenvalue weighted by Gasteiger charge is -2.62. The molecule has 4 fully saturated rings. The van der Waals surface area contributed by atoms with Crippen LogP contribution in [0.15, 0.2) is 96.0 Å². The minimum Gasteiger partial charge on any atom is -0.507 e. The number of phenolic OH excluding ortho intramolecular Hbond substituents is 1. The molecule has 0 heterocycles.